The normalized spacial score (nSPS) is 17.5. The molecule has 1 aliphatic heterocycles. The molecular formula is C20H23ClN2O3S. The Hall–Kier alpha value is -2.05. The second-order valence-electron chi connectivity index (χ2n) is 6.94. The van der Waals surface area contributed by atoms with Crippen LogP contribution < -0.4 is 9.62 Å². The van der Waals surface area contributed by atoms with E-state index in [1.165, 1.54) is 10.6 Å². The predicted molar refractivity (Wildman–Crippen MR) is 109 cm³/mol. The summed E-state index contributed by atoms with van der Waals surface area (Å²) in [6.07, 6.45) is 2.55. The van der Waals surface area contributed by atoms with Crippen LogP contribution in [0, 0.1) is 0 Å². The number of carbonyl (C=O) groups is 1. The van der Waals surface area contributed by atoms with E-state index in [0.717, 1.165) is 17.5 Å². The third kappa shape index (κ3) is 4.12. The molecule has 2 aromatic carbocycles. The molecule has 0 radical (unpaired) electrons. The van der Waals surface area contributed by atoms with Crippen LogP contribution in [0.5, 0.6) is 0 Å². The zero-order chi connectivity index (χ0) is 19.8. The minimum Gasteiger partial charge on any atom is -0.345 e. The summed E-state index contributed by atoms with van der Waals surface area (Å²) >= 11 is 5.94. The fourth-order valence-corrected chi connectivity index (χ4v) is 5.00. The van der Waals surface area contributed by atoms with Crippen LogP contribution in [-0.2, 0) is 16.4 Å². The van der Waals surface area contributed by atoms with Crippen molar-refractivity contribution >= 4 is 33.2 Å². The monoisotopic (exact) mass is 406 g/mol. The van der Waals surface area contributed by atoms with Crippen molar-refractivity contribution in [1.82, 2.24) is 5.32 Å². The van der Waals surface area contributed by atoms with E-state index in [2.05, 4.69) is 5.32 Å². The molecule has 7 heteroatoms. The summed E-state index contributed by atoms with van der Waals surface area (Å²) in [4.78, 5) is 12.7. The van der Waals surface area contributed by atoms with Crippen LogP contribution in [0.3, 0.4) is 0 Å². The Kier molecular flexibility index (Phi) is 5.49. The lowest BCUT2D eigenvalue weighted by Gasteiger charge is -2.22. The highest BCUT2D eigenvalue weighted by Crippen LogP contribution is 2.34. The molecule has 0 saturated heterocycles. The van der Waals surface area contributed by atoms with Gasteiger partial charge in [-0.25, -0.2) is 8.42 Å². The predicted octanol–water partition coefficient (Wildman–Crippen LogP) is 3.93. The number of anilines is 1. The molecule has 2 aromatic rings. The Morgan fingerprint density at radius 3 is 2.52 bits per heavy atom. The Morgan fingerprint density at radius 2 is 1.93 bits per heavy atom. The number of nitrogens with one attached hydrogen (secondary N) is 1. The second kappa shape index (κ2) is 7.52. The van der Waals surface area contributed by atoms with Gasteiger partial charge in [0, 0.05) is 16.6 Å². The minimum absolute atomic E-state index is 0.116. The van der Waals surface area contributed by atoms with Gasteiger partial charge in [-0.05, 0) is 61.2 Å². The Bertz CT molecular complexity index is 958. The van der Waals surface area contributed by atoms with Crippen LogP contribution in [0.15, 0.2) is 42.5 Å². The van der Waals surface area contributed by atoms with Gasteiger partial charge in [0.25, 0.3) is 5.91 Å². The van der Waals surface area contributed by atoms with Crippen molar-refractivity contribution < 1.29 is 13.2 Å². The first-order valence-electron chi connectivity index (χ1n) is 8.89. The fourth-order valence-electron chi connectivity index (χ4n) is 3.61. The highest BCUT2D eigenvalue weighted by atomic mass is 35.5. The molecule has 0 aliphatic carbocycles. The smallest absolute Gasteiger partial charge is 0.251 e. The van der Waals surface area contributed by atoms with Crippen molar-refractivity contribution in [1.29, 1.82) is 0 Å². The average molecular weight is 407 g/mol. The number of fused-ring (bicyclic) bond motifs is 1. The van der Waals surface area contributed by atoms with Crippen molar-refractivity contribution in [3.63, 3.8) is 0 Å². The molecule has 0 spiro atoms. The number of benzene rings is 2. The van der Waals surface area contributed by atoms with Gasteiger partial charge in [0.2, 0.25) is 10.0 Å². The van der Waals surface area contributed by atoms with E-state index in [-0.39, 0.29) is 18.0 Å². The molecule has 1 aliphatic rings. The van der Waals surface area contributed by atoms with Crippen molar-refractivity contribution in [2.24, 2.45) is 0 Å². The minimum atomic E-state index is -3.34. The van der Waals surface area contributed by atoms with E-state index in [9.17, 15) is 13.2 Å². The molecule has 5 nitrogen and oxygen atoms in total. The maximum Gasteiger partial charge on any atom is 0.251 e. The van der Waals surface area contributed by atoms with Gasteiger partial charge >= 0.3 is 0 Å². The molecule has 1 N–H and O–H groups in total. The van der Waals surface area contributed by atoms with E-state index < -0.39 is 10.0 Å². The molecule has 3 rings (SSSR count). The highest BCUT2D eigenvalue weighted by molar-refractivity contribution is 7.92. The standard InChI is InChI=1S/C20H23ClN2O3S/c1-4-18(14-5-8-17(21)9-6-14)22-20(24)15-7-10-19-16(12-15)11-13(2)23(19)27(3,25)26/h5-10,12-13,18H,4,11H2,1-3H3,(H,22,24). The summed E-state index contributed by atoms with van der Waals surface area (Å²) in [5.74, 6) is -0.176. The number of amides is 1. The lowest BCUT2D eigenvalue weighted by atomic mass is 10.0. The molecule has 0 bridgehead atoms. The van der Waals surface area contributed by atoms with Gasteiger partial charge in [-0.1, -0.05) is 30.7 Å². The van der Waals surface area contributed by atoms with E-state index in [1.54, 1.807) is 18.2 Å². The van der Waals surface area contributed by atoms with Crippen molar-refractivity contribution in [2.45, 2.75) is 38.8 Å². The number of hydrogen-bond donors (Lipinski definition) is 1. The Labute approximate surface area is 165 Å². The van der Waals surface area contributed by atoms with Gasteiger partial charge in [-0.2, -0.15) is 0 Å². The number of nitrogens with zero attached hydrogens (tertiary/aromatic N) is 1. The van der Waals surface area contributed by atoms with E-state index in [0.29, 0.717) is 22.7 Å². The van der Waals surface area contributed by atoms with E-state index in [1.807, 2.05) is 38.1 Å². The maximum absolute atomic E-state index is 12.7. The molecule has 0 fully saturated rings. The van der Waals surface area contributed by atoms with Crippen LogP contribution >= 0.6 is 11.6 Å². The quantitative estimate of drug-likeness (QED) is 0.817. The largest absolute Gasteiger partial charge is 0.345 e. The van der Waals surface area contributed by atoms with Crippen LogP contribution in [0.25, 0.3) is 0 Å². The molecule has 0 saturated carbocycles. The summed E-state index contributed by atoms with van der Waals surface area (Å²) in [7, 11) is -3.34. The molecular weight excluding hydrogens is 384 g/mol. The molecule has 2 unspecified atom stereocenters. The lowest BCUT2D eigenvalue weighted by molar-refractivity contribution is 0.0935. The summed E-state index contributed by atoms with van der Waals surface area (Å²) < 4.78 is 25.5. The number of carbonyl (C=O) groups excluding carboxylic acids is 1. The molecule has 0 aromatic heterocycles. The molecule has 1 heterocycles. The van der Waals surface area contributed by atoms with Crippen LogP contribution in [0.2, 0.25) is 5.02 Å². The van der Waals surface area contributed by atoms with Crippen LogP contribution in [0.1, 0.15) is 47.8 Å². The summed E-state index contributed by atoms with van der Waals surface area (Å²) in [5.41, 5.74) is 3.06. The van der Waals surface area contributed by atoms with Crippen molar-refractivity contribution in [3.05, 3.63) is 64.2 Å². The number of halogens is 1. The summed E-state index contributed by atoms with van der Waals surface area (Å²) in [6.45, 7) is 3.88. The number of rotatable bonds is 5. The summed E-state index contributed by atoms with van der Waals surface area (Å²) in [5, 5.41) is 3.70. The maximum atomic E-state index is 12.7. The fraction of sp³-hybridized carbons (Fsp3) is 0.350. The molecule has 2 atom stereocenters. The first kappa shape index (κ1) is 19.7. The van der Waals surface area contributed by atoms with Gasteiger partial charge in [0.15, 0.2) is 0 Å². The van der Waals surface area contributed by atoms with Crippen molar-refractivity contribution in [3.8, 4) is 0 Å². The average Bonchev–Trinajstić information content (AvgIpc) is 2.95. The first-order valence-corrected chi connectivity index (χ1v) is 11.1. The Balaban J connectivity index is 1.82. The van der Waals surface area contributed by atoms with E-state index >= 15 is 0 Å². The summed E-state index contributed by atoms with van der Waals surface area (Å²) in [6, 6.07) is 12.4. The van der Waals surface area contributed by atoms with Crippen LogP contribution in [0.4, 0.5) is 5.69 Å². The topological polar surface area (TPSA) is 66.5 Å². The van der Waals surface area contributed by atoms with Gasteiger partial charge in [0.1, 0.15) is 0 Å². The zero-order valence-corrected chi connectivity index (χ0v) is 17.1. The SMILES string of the molecule is CCC(NC(=O)c1ccc2c(c1)CC(C)N2S(C)(=O)=O)c1ccc(Cl)cc1. The lowest BCUT2D eigenvalue weighted by Crippen LogP contribution is -2.34. The highest BCUT2D eigenvalue weighted by Gasteiger charge is 2.32. The first-order chi connectivity index (χ1) is 12.7. The number of sulfonamides is 1. The van der Waals surface area contributed by atoms with Gasteiger partial charge in [-0.15, -0.1) is 0 Å². The van der Waals surface area contributed by atoms with E-state index in [4.69, 9.17) is 11.6 Å². The molecule has 27 heavy (non-hydrogen) atoms. The van der Waals surface area contributed by atoms with Gasteiger partial charge in [-0.3, -0.25) is 9.10 Å². The van der Waals surface area contributed by atoms with Gasteiger partial charge in [0.05, 0.1) is 18.0 Å². The third-order valence-corrected chi connectivity index (χ3v) is 6.36. The third-order valence-electron chi connectivity index (χ3n) is 4.84. The second-order valence-corrected chi connectivity index (χ2v) is 9.24. The van der Waals surface area contributed by atoms with Crippen molar-refractivity contribution in [2.75, 3.05) is 10.6 Å². The molecule has 144 valence electrons. The van der Waals surface area contributed by atoms with Gasteiger partial charge < -0.3 is 5.32 Å². The Morgan fingerprint density at radius 1 is 1.26 bits per heavy atom. The molecule has 1 amide bonds. The van der Waals surface area contributed by atoms with Crippen LogP contribution in [-0.4, -0.2) is 26.6 Å². The zero-order valence-electron chi connectivity index (χ0n) is 15.6. The number of hydrogen-bond acceptors (Lipinski definition) is 3.